The molecule has 116 valence electrons. The van der Waals surface area contributed by atoms with Gasteiger partial charge in [-0.2, -0.15) is 0 Å². The van der Waals surface area contributed by atoms with Crippen molar-refractivity contribution < 1.29 is 4.79 Å². The molecule has 1 aliphatic heterocycles. The summed E-state index contributed by atoms with van der Waals surface area (Å²) < 4.78 is 1.69. The van der Waals surface area contributed by atoms with Crippen LogP contribution in [0.25, 0.3) is 0 Å². The van der Waals surface area contributed by atoms with E-state index in [0.717, 1.165) is 31.9 Å². The molecule has 0 atom stereocenters. The topological polar surface area (TPSA) is 62.2 Å². The standard InChI is InChI=1S/C15H18ClN5O/c1-20-10-11(16)8-13(20)15(22)19-14-3-2-12(9-18-14)21-6-4-17-5-7-21/h2-3,8-10,17H,4-7H2,1H3,(H,18,19,22). The van der Waals surface area contributed by atoms with E-state index in [0.29, 0.717) is 16.5 Å². The molecular weight excluding hydrogens is 302 g/mol. The second kappa shape index (κ2) is 6.37. The van der Waals surface area contributed by atoms with Crippen LogP contribution in [0, 0.1) is 0 Å². The number of nitrogens with zero attached hydrogens (tertiary/aromatic N) is 3. The Morgan fingerprint density at radius 3 is 2.73 bits per heavy atom. The summed E-state index contributed by atoms with van der Waals surface area (Å²) in [5, 5.41) is 6.63. The molecule has 22 heavy (non-hydrogen) atoms. The number of rotatable bonds is 3. The Morgan fingerprint density at radius 1 is 1.36 bits per heavy atom. The Bertz CT molecular complexity index is 661. The molecule has 6 nitrogen and oxygen atoms in total. The maximum absolute atomic E-state index is 12.2. The van der Waals surface area contributed by atoms with Crippen LogP contribution >= 0.6 is 11.6 Å². The molecular formula is C15H18ClN5O. The highest BCUT2D eigenvalue weighted by molar-refractivity contribution is 6.31. The molecule has 3 heterocycles. The molecule has 0 radical (unpaired) electrons. The number of aryl methyl sites for hydroxylation is 1. The van der Waals surface area contributed by atoms with E-state index >= 15 is 0 Å². The lowest BCUT2D eigenvalue weighted by molar-refractivity contribution is 0.101. The molecule has 1 amide bonds. The molecule has 0 spiro atoms. The van der Waals surface area contributed by atoms with Gasteiger partial charge in [-0.15, -0.1) is 0 Å². The lowest BCUT2D eigenvalue weighted by atomic mass is 10.3. The highest BCUT2D eigenvalue weighted by atomic mass is 35.5. The Labute approximate surface area is 134 Å². The van der Waals surface area contributed by atoms with Crippen molar-refractivity contribution in [3.8, 4) is 0 Å². The molecule has 2 N–H and O–H groups in total. The van der Waals surface area contributed by atoms with Crippen LogP contribution < -0.4 is 15.5 Å². The van der Waals surface area contributed by atoms with E-state index in [4.69, 9.17) is 11.6 Å². The lowest BCUT2D eigenvalue weighted by Gasteiger charge is -2.29. The predicted molar refractivity (Wildman–Crippen MR) is 87.7 cm³/mol. The third-order valence-electron chi connectivity index (χ3n) is 3.68. The molecule has 1 saturated heterocycles. The summed E-state index contributed by atoms with van der Waals surface area (Å²) in [6.45, 7) is 3.89. The zero-order valence-corrected chi connectivity index (χ0v) is 13.1. The Hall–Kier alpha value is -2.05. The van der Waals surface area contributed by atoms with E-state index in [1.54, 1.807) is 30.1 Å². The minimum atomic E-state index is -0.225. The van der Waals surface area contributed by atoms with Crippen molar-refractivity contribution in [2.45, 2.75) is 0 Å². The van der Waals surface area contributed by atoms with Gasteiger partial charge in [-0.05, 0) is 18.2 Å². The molecule has 1 aliphatic rings. The molecule has 0 aliphatic carbocycles. The summed E-state index contributed by atoms with van der Waals surface area (Å²) >= 11 is 5.89. The fourth-order valence-electron chi connectivity index (χ4n) is 2.50. The van der Waals surface area contributed by atoms with Crippen molar-refractivity contribution >= 4 is 29.0 Å². The van der Waals surface area contributed by atoms with E-state index in [1.807, 2.05) is 12.1 Å². The number of carbonyl (C=O) groups excluding carboxylic acids is 1. The highest BCUT2D eigenvalue weighted by Gasteiger charge is 2.13. The summed E-state index contributed by atoms with van der Waals surface area (Å²) in [5.74, 6) is 0.304. The first-order valence-corrected chi connectivity index (χ1v) is 7.56. The Morgan fingerprint density at radius 2 is 2.14 bits per heavy atom. The van der Waals surface area contributed by atoms with Gasteiger partial charge in [0.15, 0.2) is 0 Å². The number of halogens is 1. The molecule has 0 saturated carbocycles. The van der Waals surface area contributed by atoms with Crippen LogP contribution in [0.3, 0.4) is 0 Å². The summed E-state index contributed by atoms with van der Waals surface area (Å²) in [6, 6.07) is 5.43. The van der Waals surface area contributed by atoms with Gasteiger partial charge in [-0.1, -0.05) is 11.6 Å². The van der Waals surface area contributed by atoms with E-state index in [9.17, 15) is 4.79 Å². The first-order valence-electron chi connectivity index (χ1n) is 7.18. The summed E-state index contributed by atoms with van der Waals surface area (Å²) in [7, 11) is 1.78. The van der Waals surface area contributed by atoms with Crippen LogP contribution in [-0.4, -0.2) is 41.6 Å². The molecule has 2 aromatic rings. The SMILES string of the molecule is Cn1cc(Cl)cc1C(=O)Nc1ccc(N2CCNCC2)cn1. The van der Waals surface area contributed by atoms with E-state index in [1.165, 1.54) is 0 Å². The van der Waals surface area contributed by atoms with Crippen molar-refractivity contribution in [1.29, 1.82) is 0 Å². The fraction of sp³-hybridized carbons (Fsp3) is 0.333. The maximum Gasteiger partial charge on any atom is 0.273 e. The maximum atomic E-state index is 12.2. The van der Waals surface area contributed by atoms with Crippen molar-refractivity contribution in [2.24, 2.45) is 7.05 Å². The Balaban J connectivity index is 1.68. The fourth-order valence-corrected chi connectivity index (χ4v) is 2.75. The molecule has 7 heteroatoms. The summed E-state index contributed by atoms with van der Waals surface area (Å²) in [4.78, 5) is 18.8. The van der Waals surface area contributed by atoms with Gasteiger partial charge in [0.2, 0.25) is 0 Å². The normalized spacial score (nSPS) is 14.9. The lowest BCUT2D eigenvalue weighted by Crippen LogP contribution is -2.43. The largest absolute Gasteiger partial charge is 0.368 e. The third-order valence-corrected chi connectivity index (χ3v) is 3.88. The number of hydrogen-bond donors (Lipinski definition) is 2. The van der Waals surface area contributed by atoms with Crippen molar-refractivity contribution in [1.82, 2.24) is 14.9 Å². The second-order valence-corrected chi connectivity index (χ2v) is 5.68. The third kappa shape index (κ3) is 3.23. The number of carbonyl (C=O) groups is 1. The van der Waals surface area contributed by atoms with Crippen LogP contribution in [0.15, 0.2) is 30.6 Å². The van der Waals surface area contributed by atoms with Gasteiger partial charge in [0.05, 0.1) is 16.9 Å². The molecule has 2 aromatic heterocycles. The van der Waals surface area contributed by atoms with Gasteiger partial charge in [0, 0.05) is 39.4 Å². The van der Waals surface area contributed by atoms with Gasteiger partial charge in [-0.3, -0.25) is 4.79 Å². The zero-order chi connectivity index (χ0) is 15.5. The smallest absolute Gasteiger partial charge is 0.273 e. The average molecular weight is 320 g/mol. The van der Waals surface area contributed by atoms with Crippen molar-refractivity contribution in [3.05, 3.63) is 41.3 Å². The van der Waals surface area contributed by atoms with Gasteiger partial charge in [0.25, 0.3) is 5.91 Å². The average Bonchev–Trinajstić information content (AvgIpc) is 2.88. The number of amides is 1. The molecule has 0 aromatic carbocycles. The van der Waals surface area contributed by atoms with Gasteiger partial charge >= 0.3 is 0 Å². The number of nitrogens with one attached hydrogen (secondary N) is 2. The highest BCUT2D eigenvalue weighted by Crippen LogP contribution is 2.17. The number of piperazine rings is 1. The molecule has 1 fully saturated rings. The molecule has 0 bridgehead atoms. The number of anilines is 2. The van der Waals surface area contributed by atoms with Crippen molar-refractivity contribution in [2.75, 3.05) is 36.4 Å². The van der Waals surface area contributed by atoms with E-state index < -0.39 is 0 Å². The van der Waals surface area contributed by atoms with Crippen LogP contribution in [0.1, 0.15) is 10.5 Å². The first kappa shape index (κ1) is 14.9. The Kier molecular flexibility index (Phi) is 4.31. The molecule has 3 rings (SSSR count). The van der Waals surface area contributed by atoms with E-state index in [2.05, 4.69) is 20.5 Å². The zero-order valence-electron chi connectivity index (χ0n) is 12.3. The van der Waals surface area contributed by atoms with Crippen LogP contribution in [0.4, 0.5) is 11.5 Å². The van der Waals surface area contributed by atoms with Gasteiger partial charge < -0.3 is 20.1 Å². The molecule has 0 unspecified atom stereocenters. The predicted octanol–water partition coefficient (Wildman–Crippen LogP) is 1.74. The number of aromatic nitrogens is 2. The van der Waals surface area contributed by atoms with Crippen LogP contribution in [-0.2, 0) is 7.05 Å². The number of hydrogen-bond acceptors (Lipinski definition) is 4. The minimum absolute atomic E-state index is 0.225. The quantitative estimate of drug-likeness (QED) is 0.904. The summed E-state index contributed by atoms with van der Waals surface area (Å²) in [5.41, 5.74) is 1.57. The number of pyridine rings is 1. The van der Waals surface area contributed by atoms with Crippen molar-refractivity contribution in [3.63, 3.8) is 0 Å². The monoisotopic (exact) mass is 319 g/mol. The summed E-state index contributed by atoms with van der Waals surface area (Å²) in [6.07, 6.45) is 3.48. The van der Waals surface area contributed by atoms with Gasteiger partial charge in [0.1, 0.15) is 11.5 Å². The van der Waals surface area contributed by atoms with E-state index in [-0.39, 0.29) is 5.91 Å². The minimum Gasteiger partial charge on any atom is -0.368 e. The first-order chi connectivity index (χ1) is 10.6. The van der Waals surface area contributed by atoms with Gasteiger partial charge in [-0.25, -0.2) is 4.98 Å². The van der Waals surface area contributed by atoms with Crippen LogP contribution in [0.5, 0.6) is 0 Å². The second-order valence-electron chi connectivity index (χ2n) is 5.25. The van der Waals surface area contributed by atoms with Crippen LogP contribution in [0.2, 0.25) is 5.02 Å².